The minimum atomic E-state index is 0.605. The fourth-order valence-electron chi connectivity index (χ4n) is 11.1. The Morgan fingerprint density at radius 2 is 0.899 bits per heavy atom. The van der Waals surface area contributed by atoms with Crippen LogP contribution >= 0.6 is 11.3 Å². The smallest absolute Gasteiger partial charge is 0.166 e. The van der Waals surface area contributed by atoms with Crippen LogP contribution < -0.4 is 0 Å². The van der Waals surface area contributed by atoms with E-state index in [9.17, 15) is 0 Å². The Labute approximate surface area is 399 Å². The van der Waals surface area contributed by atoms with E-state index in [4.69, 9.17) is 15.0 Å². The number of fused-ring (bicyclic) bond motifs is 13. The zero-order chi connectivity index (χ0) is 45.2. The largest absolute Gasteiger partial charge is 0.309 e. The molecule has 0 aliphatic rings. The number of hydrogen-bond donors (Lipinski definition) is 0. The van der Waals surface area contributed by atoms with Crippen molar-refractivity contribution < 1.29 is 0 Å². The maximum absolute atomic E-state index is 5.68. The minimum absolute atomic E-state index is 0.605. The molecule has 0 aliphatic heterocycles. The summed E-state index contributed by atoms with van der Waals surface area (Å²) in [6, 6.07) is 81.0. The fraction of sp³-hybridized carbons (Fsp3) is 0. The van der Waals surface area contributed by atoms with Gasteiger partial charge in [0, 0.05) is 64.1 Å². The van der Waals surface area contributed by atoms with E-state index in [-0.39, 0.29) is 0 Å². The number of nitrogens with zero attached hydrogens (tertiary/aromatic N) is 5. The second-order valence-corrected chi connectivity index (χ2v) is 19.0. The van der Waals surface area contributed by atoms with Crippen molar-refractivity contribution in [1.82, 2.24) is 24.1 Å². The number of thiophene rings is 1. The lowest BCUT2D eigenvalue weighted by Crippen LogP contribution is -2.05. The summed E-state index contributed by atoms with van der Waals surface area (Å²) in [5.41, 5.74) is 9.31. The lowest BCUT2D eigenvalue weighted by Gasteiger charge is -2.17. The summed E-state index contributed by atoms with van der Waals surface area (Å²) in [6.45, 7) is 0. The highest BCUT2D eigenvalue weighted by molar-refractivity contribution is 7.25. The number of para-hydroxylation sites is 3. The van der Waals surface area contributed by atoms with Crippen molar-refractivity contribution in [2.75, 3.05) is 0 Å². The Kier molecular flexibility index (Phi) is 8.17. The molecule has 11 aromatic carbocycles. The highest BCUT2D eigenvalue weighted by Gasteiger charge is 2.25. The SMILES string of the molecule is c1ccc(-n2c3ccccc3c3cccc(-c4nc(-c5cc6sc7ccccc7c6cc5-n5c6cc7ccccc7cc6c6c7ccccc7ccc65)nc(-c5cccc6ccccc56)n4)c32)cc1. The van der Waals surface area contributed by atoms with Crippen molar-refractivity contribution in [3.63, 3.8) is 0 Å². The average molecular weight is 896 g/mol. The second kappa shape index (κ2) is 14.8. The predicted molar refractivity (Wildman–Crippen MR) is 290 cm³/mol. The molecule has 320 valence electrons. The molecule has 5 nitrogen and oxygen atoms in total. The molecular formula is C63H37N5S. The van der Waals surface area contributed by atoms with Gasteiger partial charge in [0.15, 0.2) is 17.5 Å². The van der Waals surface area contributed by atoms with E-state index in [1.54, 1.807) is 0 Å². The van der Waals surface area contributed by atoms with E-state index < -0.39 is 0 Å². The summed E-state index contributed by atoms with van der Waals surface area (Å²) in [6.07, 6.45) is 0. The van der Waals surface area contributed by atoms with Gasteiger partial charge in [-0.3, -0.25) is 0 Å². The van der Waals surface area contributed by atoms with Crippen LogP contribution in [0.2, 0.25) is 0 Å². The molecule has 0 saturated heterocycles. The molecule has 0 bridgehead atoms. The molecule has 15 rings (SSSR count). The lowest BCUT2D eigenvalue weighted by molar-refractivity contribution is 1.07. The predicted octanol–water partition coefficient (Wildman–Crippen LogP) is 16.9. The van der Waals surface area contributed by atoms with Crippen LogP contribution in [0.25, 0.3) is 142 Å². The Hall–Kier alpha value is -8.97. The maximum Gasteiger partial charge on any atom is 0.166 e. The first-order valence-corrected chi connectivity index (χ1v) is 24.2. The van der Waals surface area contributed by atoms with E-state index in [1.165, 1.54) is 57.9 Å². The Bertz CT molecular complexity index is 4610. The third-order valence-corrected chi connectivity index (χ3v) is 15.2. The zero-order valence-corrected chi connectivity index (χ0v) is 37.8. The number of benzene rings is 11. The molecule has 15 aromatic rings. The molecule has 69 heavy (non-hydrogen) atoms. The minimum Gasteiger partial charge on any atom is -0.309 e. The van der Waals surface area contributed by atoms with E-state index in [0.29, 0.717) is 17.5 Å². The van der Waals surface area contributed by atoms with Gasteiger partial charge in [0.1, 0.15) is 0 Å². The topological polar surface area (TPSA) is 48.5 Å². The van der Waals surface area contributed by atoms with Crippen molar-refractivity contribution in [2.24, 2.45) is 0 Å². The van der Waals surface area contributed by atoms with Crippen LogP contribution in [-0.4, -0.2) is 24.1 Å². The highest BCUT2D eigenvalue weighted by Crippen LogP contribution is 2.45. The third-order valence-electron chi connectivity index (χ3n) is 14.1. The first kappa shape index (κ1) is 38.2. The molecule has 6 heteroatoms. The molecular weight excluding hydrogens is 859 g/mol. The normalized spacial score (nSPS) is 12.1. The Morgan fingerprint density at radius 1 is 0.304 bits per heavy atom. The van der Waals surface area contributed by atoms with Gasteiger partial charge in [0.05, 0.1) is 27.8 Å². The van der Waals surface area contributed by atoms with Crippen LogP contribution in [0.15, 0.2) is 224 Å². The first-order chi connectivity index (χ1) is 34.2. The molecule has 4 heterocycles. The van der Waals surface area contributed by atoms with Crippen molar-refractivity contribution in [3.8, 4) is 45.5 Å². The van der Waals surface area contributed by atoms with Crippen molar-refractivity contribution >= 4 is 107 Å². The van der Waals surface area contributed by atoms with E-state index in [0.717, 1.165) is 66.3 Å². The third kappa shape index (κ3) is 5.73. The second-order valence-electron chi connectivity index (χ2n) is 17.9. The van der Waals surface area contributed by atoms with Gasteiger partial charge >= 0.3 is 0 Å². The van der Waals surface area contributed by atoms with Crippen LogP contribution in [0.1, 0.15) is 0 Å². The highest BCUT2D eigenvalue weighted by atomic mass is 32.1. The van der Waals surface area contributed by atoms with Gasteiger partial charge in [-0.25, -0.2) is 15.0 Å². The summed E-state index contributed by atoms with van der Waals surface area (Å²) in [7, 11) is 0. The van der Waals surface area contributed by atoms with Gasteiger partial charge in [-0.15, -0.1) is 11.3 Å². The number of rotatable bonds is 5. The molecule has 0 amide bonds. The quantitative estimate of drug-likeness (QED) is 0.173. The van der Waals surface area contributed by atoms with Crippen LogP contribution in [0, 0.1) is 0 Å². The van der Waals surface area contributed by atoms with Gasteiger partial charge in [-0.05, 0) is 93.0 Å². The average Bonchev–Trinajstić information content (AvgIpc) is 4.07. The summed E-state index contributed by atoms with van der Waals surface area (Å²) in [5, 5.41) is 14.2. The number of hydrogen-bond acceptors (Lipinski definition) is 4. The van der Waals surface area contributed by atoms with Gasteiger partial charge in [0.2, 0.25) is 0 Å². The molecule has 0 spiro atoms. The van der Waals surface area contributed by atoms with Crippen molar-refractivity contribution in [1.29, 1.82) is 0 Å². The molecule has 0 N–H and O–H groups in total. The molecule has 4 aromatic heterocycles. The van der Waals surface area contributed by atoms with E-state index in [1.807, 2.05) is 11.3 Å². The molecule has 0 atom stereocenters. The zero-order valence-electron chi connectivity index (χ0n) is 37.0. The van der Waals surface area contributed by atoms with Crippen LogP contribution in [0.5, 0.6) is 0 Å². The Morgan fingerprint density at radius 3 is 1.72 bits per heavy atom. The molecule has 0 saturated carbocycles. The van der Waals surface area contributed by atoms with Crippen molar-refractivity contribution in [2.45, 2.75) is 0 Å². The van der Waals surface area contributed by atoms with Gasteiger partial charge in [-0.2, -0.15) is 0 Å². The Balaban J connectivity index is 1.10. The van der Waals surface area contributed by atoms with Crippen LogP contribution in [0.4, 0.5) is 0 Å². The van der Waals surface area contributed by atoms with E-state index in [2.05, 4.69) is 234 Å². The summed E-state index contributed by atoms with van der Waals surface area (Å²) >= 11 is 1.81. The monoisotopic (exact) mass is 895 g/mol. The van der Waals surface area contributed by atoms with Crippen LogP contribution in [-0.2, 0) is 0 Å². The lowest BCUT2D eigenvalue weighted by atomic mass is 10.0. The summed E-state index contributed by atoms with van der Waals surface area (Å²) in [4.78, 5) is 16.8. The summed E-state index contributed by atoms with van der Waals surface area (Å²) < 4.78 is 7.25. The first-order valence-electron chi connectivity index (χ1n) is 23.3. The molecule has 0 radical (unpaired) electrons. The van der Waals surface area contributed by atoms with Crippen LogP contribution in [0.3, 0.4) is 0 Å². The molecule has 0 unspecified atom stereocenters. The van der Waals surface area contributed by atoms with Gasteiger partial charge in [0.25, 0.3) is 0 Å². The molecule has 0 fully saturated rings. The fourth-order valence-corrected chi connectivity index (χ4v) is 12.2. The van der Waals surface area contributed by atoms with E-state index >= 15 is 0 Å². The maximum atomic E-state index is 5.68. The summed E-state index contributed by atoms with van der Waals surface area (Å²) in [5.74, 6) is 1.83. The molecule has 0 aliphatic carbocycles. The van der Waals surface area contributed by atoms with Gasteiger partial charge in [-0.1, -0.05) is 164 Å². The standard InChI is InChI=1S/C63H37N5S/c1-2-21-42(22-3-1)67-53-30-12-10-25-45(53)47-27-15-29-49(60(47)67)62-64-61(48-28-14-20-38-16-6-8-23-43(38)48)65-63(66-62)52-37-58-50(46-26-11-13-31-57(46)69-58)36-56(52)68-54-33-32-39-17-7-9-24-44(39)59(54)51-34-40-18-4-5-19-41(40)35-55(51)68/h1-37H. The number of aromatic nitrogens is 5. The van der Waals surface area contributed by atoms with Gasteiger partial charge < -0.3 is 9.13 Å². The van der Waals surface area contributed by atoms with Crippen molar-refractivity contribution in [3.05, 3.63) is 224 Å².